The number of ketones is 1. The van der Waals surface area contributed by atoms with Gasteiger partial charge < -0.3 is 5.11 Å². The Labute approximate surface area is 82.6 Å². The summed E-state index contributed by atoms with van der Waals surface area (Å²) in [7, 11) is 0. The fraction of sp³-hybridized carbons (Fsp3) is 0.273. The van der Waals surface area contributed by atoms with Gasteiger partial charge in [0.25, 0.3) is 0 Å². The fourth-order valence-electron chi connectivity index (χ4n) is 1.17. The van der Waals surface area contributed by atoms with Crippen molar-refractivity contribution < 1.29 is 9.90 Å². The number of aromatic hydroxyl groups is 1. The topological polar surface area (TPSA) is 61.1 Å². The SMILES string of the molecule is N#CCCCC(=O)c1ccccc1O. The summed E-state index contributed by atoms with van der Waals surface area (Å²) in [5.41, 5.74) is 0.338. The summed E-state index contributed by atoms with van der Waals surface area (Å²) in [6.45, 7) is 0. The number of para-hydroxylation sites is 1. The molecule has 0 heterocycles. The smallest absolute Gasteiger partial charge is 0.166 e. The number of hydrogen-bond donors (Lipinski definition) is 1. The van der Waals surface area contributed by atoms with Crippen LogP contribution in [-0.2, 0) is 0 Å². The fourth-order valence-corrected chi connectivity index (χ4v) is 1.17. The van der Waals surface area contributed by atoms with Crippen LogP contribution in [0.3, 0.4) is 0 Å². The van der Waals surface area contributed by atoms with Gasteiger partial charge in [0.2, 0.25) is 0 Å². The molecule has 0 atom stereocenters. The lowest BCUT2D eigenvalue weighted by atomic mass is 10.1. The molecule has 0 spiro atoms. The van der Waals surface area contributed by atoms with E-state index in [1.807, 2.05) is 6.07 Å². The number of carbonyl (C=O) groups is 1. The molecule has 0 aromatic heterocycles. The van der Waals surface area contributed by atoms with E-state index in [2.05, 4.69) is 0 Å². The third-order valence-electron chi connectivity index (χ3n) is 1.90. The van der Waals surface area contributed by atoms with Gasteiger partial charge in [-0.3, -0.25) is 4.79 Å². The normalized spacial score (nSPS) is 9.36. The minimum absolute atomic E-state index is 0.00876. The Bertz CT molecular complexity index is 366. The summed E-state index contributed by atoms with van der Waals surface area (Å²) in [6, 6.07) is 8.42. The number of Topliss-reactive ketones (excluding diaryl/α,β-unsaturated/α-hetero) is 1. The molecule has 0 radical (unpaired) electrons. The predicted octanol–water partition coefficient (Wildman–Crippen LogP) is 2.27. The van der Waals surface area contributed by atoms with Crippen molar-refractivity contribution in [3.8, 4) is 11.8 Å². The molecule has 0 bridgehead atoms. The van der Waals surface area contributed by atoms with Crippen LogP contribution in [-0.4, -0.2) is 10.9 Å². The van der Waals surface area contributed by atoms with Crippen LogP contribution in [0.1, 0.15) is 29.6 Å². The lowest BCUT2D eigenvalue weighted by molar-refractivity contribution is 0.0978. The van der Waals surface area contributed by atoms with Gasteiger partial charge in [0.15, 0.2) is 5.78 Å². The Morgan fingerprint density at radius 3 is 2.79 bits per heavy atom. The molecule has 0 aliphatic carbocycles. The molecule has 0 aliphatic rings. The zero-order valence-electron chi connectivity index (χ0n) is 7.73. The zero-order valence-corrected chi connectivity index (χ0v) is 7.73. The number of carbonyl (C=O) groups excluding carboxylic acids is 1. The van der Waals surface area contributed by atoms with Gasteiger partial charge in [-0.25, -0.2) is 0 Å². The minimum Gasteiger partial charge on any atom is -0.507 e. The standard InChI is InChI=1S/C11H11NO2/c12-8-4-3-7-11(14)9-5-1-2-6-10(9)13/h1-2,5-6,13H,3-4,7H2. The molecule has 1 rings (SSSR count). The van der Waals surface area contributed by atoms with Crippen LogP contribution in [0.25, 0.3) is 0 Å². The lowest BCUT2D eigenvalue weighted by Gasteiger charge is -2.01. The highest BCUT2D eigenvalue weighted by molar-refractivity contribution is 5.98. The quantitative estimate of drug-likeness (QED) is 0.583. The first kappa shape index (κ1) is 10.3. The monoisotopic (exact) mass is 189 g/mol. The molecule has 1 aromatic carbocycles. The summed E-state index contributed by atoms with van der Waals surface area (Å²) in [4.78, 5) is 11.5. The van der Waals surface area contributed by atoms with Crippen molar-refractivity contribution in [3.05, 3.63) is 29.8 Å². The summed E-state index contributed by atoms with van der Waals surface area (Å²) in [6.07, 6.45) is 1.23. The lowest BCUT2D eigenvalue weighted by Crippen LogP contribution is -1.98. The predicted molar refractivity (Wildman–Crippen MR) is 51.9 cm³/mol. The van der Waals surface area contributed by atoms with Gasteiger partial charge in [-0.2, -0.15) is 5.26 Å². The van der Waals surface area contributed by atoms with E-state index in [0.717, 1.165) is 0 Å². The molecule has 1 N–H and O–H groups in total. The molecular weight excluding hydrogens is 178 g/mol. The van der Waals surface area contributed by atoms with Crippen molar-refractivity contribution in [2.75, 3.05) is 0 Å². The van der Waals surface area contributed by atoms with Crippen LogP contribution in [0.15, 0.2) is 24.3 Å². The van der Waals surface area contributed by atoms with Crippen molar-refractivity contribution in [2.45, 2.75) is 19.3 Å². The molecule has 1 aromatic rings. The largest absolute Gasteiger partial charge is 0.507 e. The highest BCUT2D eigenvalue weighted by Gasteiger charge is 2.08. The van der Waals surface area contributed by atoms with Crippen LogP contribution in [0.5, 0.6) is 5.75 Å². The van der Waals surface area contributed by atoms with Crippen molar-refractivity contribution in [1.29, 1.82) is 5.26 Å². The number of rotatable bonds is 4. The van der Waals surface area contributed by atoms with Gasteiger partial charge in [0, 0.05) is 12.8 Å². The van der Waals surface area contributed by atoms with E-state index in [9.17, 15) is 9.90 Å². The molecule has 0 unspecified atom stereocenters. The highest BCUT2D eigenvalue weighted by Crippen LogP contribution is 2.18. The van der Waals surface area contributed by atoms with Crippen molar-refractivity contribution in [2.24, 2.45) is 0 Å². The first-order valence-corrected chi connectivity index (χ1v) is 4.44. The Hall–Kier alpha value is -1.82. The molecule has 3 nitrogen and oxygen atoms in total. The Morgan fingerprint density at radius 2 is 2.14 bits per heavy atom. The van der Waals surface area contributed by atoms with Crippen LogP contribution in [0.2, 0.25) is 0 Å². The molecule has 0 saturated heterocycles. The molecular formula is C11H11NO2. The van der Waals surface area contributed by atoms with E-state index >= 15 is 0 Å². The van der Waals surface area contributed by atoms with Crippen LogP contribution < -0.4 is 0 Å². The first-order valence-electron chi connectivity index (χ1n) is 4.44. The summed E-state index contributed by atoms with van der Waals surface area (Å²) < 4.78 is 0. The number of nitrogens with zero attached hydrogens (tertiary/aromatic N) is 1. The average Bonchev–Trinajstić information content (AvgIpc) is 2.18. The van der Waals surface area contributed by atoms with Crippen molar-refractivity contribution >= 4 is 5.78 Å². The summed E-state index contributed by atoms with van der Waals surface area (Å²) in [5.74, 6) is -0.104. The molecule has 14 heavy (non-hydrogen) atoms. The third kappa shape index (κ3) is 2.60. The summed E-state index contributed by atoms with van der Waals surface area (Å²) in [5, 5.41) is 17.6. The maximum Gasteiger partial charge on any atom is 0.166 e. The number of unbranched alkanes of at least 4 members (excludes halogenated alkanes) is 1. The second kappa shape index (κ2) is 5.03. The van der Waals surface area contributed by atoms with Crippen LogP contribution in [0.4, 0.5) is 0 Å². The highest BCUT2D eigenvalue weighted by atomic mass is 16.3. The molecule has 0 fully saturated rings. The average molecular weight is 189 g/mol. The van der Waals surface area contributed by atoms with E-state index in [1.54, 1.807) is 18.2 Å². The van der Waals surface area contributed by atoms with Crippen molar-refractivity contribution in [3.63, 3.8) is 0 Å². The molecule has 3 heteroatoms. The second-order valence-electron chi connectivity index (χ2n) is 2.95. The molecule has 0 amide bonds. The van der Waals surface area contributed by atoms with E-state index in [0.29, 0.717) is 24.8 Å². The van der Waals surface area contributed by atoms with E-state index < -0.39 is 0 Å². The Kier molecular flexibility index (Phi) is 3.69. The second-order valence-corrected chi connectivity index (χ2v) is 2.95. The number of phenols is 1. The third-order valence-corrected chi connectivity index (χ3v) is 1.90. The van der Waals surface area contributed by atoms with Gasteiger partial charge in [-0.15, -0.1) is 0 Å². The van der Waals surface area contributed by atoms with E-state index in [1.165, 1.54) is 6.07 Å². The number of phenolic OH excluding ortho intramolecular Hbond substituents is 1. The van der Waals surface area contributed by atoms with Gasteiger partial charge in [-0.05, 0) is 18.6 Å². The van der Waals surface area contributed by atoms with Crippen molar-refractivity contribution in [1.82, 2.24) is 0 Å². The minimum atomic E-state index is -0.113. The zero-order chi connectivity index (χ0) is 10.4. The Balaban J connectivity index is 2.62. The van der Waals surface area contributed by atoms with Gasteiger partial charge >= 0.3 is 0 Å². The number of benzene rings is 1. The van der Waals surface area contributed by atoms with Gasteiger partial charge in [-0.1, -0.05) is 12.1 Å². The maximum absolute atomic E-state index is 11.5. The number of hydrogen-bond acceptors (Lipinski definition) is 3. The molecule has 0 aliphatic heterocycles. The molecule has 72 valence electrons. The van der Waals surface area contributed by atoms with E-state index in [4.69, 9.17) is 5.26 Å². The molecule has 0 saturated carbocycles. The first-order chi connectivity index (χ1) is 6.75. The van der Waals surface area contributed by atoms with Gasteiger partial charge in [0.1, 0.15) is 5.75 Å². The van der Waals surface area contributed by atoms with Crippen LogP contribution in [0, 0.1) is 11.3 Å². The van der Waals surface area contributed by atoms with E-state index in [-0.39, 0.29) is 11.5 Å². The maximum atomic E-state index is 11.5. The number of nitriles is 1. The Morgan fingerprint density at radius 1 is 1.43 bits per heavy atom. The summed E-state index contributed by atoms with van der Waals surface area (Å²) >= 11 is 0. The van der Waals surface area contributed by atoms with Crippen LogP contribution >= 0.6 is 0 Å². The van der Waals surface area contributed by atoms with Gasteiger partial charge in [0.05, 0.1) is 11.6 Å².